The van der Waals surface area contributed by atoms with Gasteiger partial charge in [-0.2, -0.15) is 5.10 Å². The number of nitrogens with one attached hydrogen (secondary N) is 1. The number of hydrogen-bond donors (Lipinski definition) is 1. The minimum absolute atomic E-state index is 0.521. The highest BCUT2D eigenvalue weighted by atomic mass is 15.3. The molecule has 1 aromatic heterocycles. The van der Waals surface area contributed by atoms with Crippen LogP contribution in [-0.2, 0) is 6.54 Å². The van der Waals surface area contributed by atoms with Crippen LogP contribution in [0.1, 0.15) is 57.6 Å². The van der Waals surface area contributed by atoms with Crippen molar-refractivity contribution in [1.82, 2.24) is 15.1 Å². The highest BCUT2D eigenvalue weighted by molar-refractivity contribution is 5.11. The molecule has 1 aliphatic carbocycles. The summed E-state index contributed by atoms with van der Waals surface area (Å²) >= 11 is 0. The molecule has 1 aromatic rings. The first-order chi connectivity index (χ1) is 8.33. The molecule has 0 spiro atoms. The van der Waals surface area contributed by atoms with Gasteiger partial charge in [0.1, 0.15) is 0 Å². The smallest absolute Gasteiger partial charge is 0.0537 e. The maximum absolute atomic E-state index is 4.44. The first-order valence-electron chi connectivity index (χ1n) is 7.09. The SMILES string of the molecule is CCCNC(CC1CC1)c1cnn(CCC)c1. The number of nitrogens with zero attached hydrogens (tertiary/aromatic N) is 2. The van der Waals surface area contributed by atoms with Crippen LogP contribution in [0.15, 0.2) is 12.4 Å². The molecule has 3 heteroatoms. The fourth-order valence-corrected chi connectivity index (χ4v) is 2.25. The number of hydrogen-bond acceptors (Lipinski definition) is 2. The summed E-state index contributed by atoms with van der Waals surface area (Å²) in [5, 5.41) is 8.10. The molecular weight excluding hydrogens is 210 g/mol. The van der Waals surface area contributed by atoms with Crippen molar-refractivity contribution >= 4 is 0 Å². The Morgan fingerprint density at radius 3 is 2.88 bits per heavy atom. The van der Waals surface area contributed by atoms with Gasteiger partial charge in [0.05, 0.1) is 6.20 Å². The van der Waals surface area contributed by atoms with E-state index in [1.807, 2.05) is 6.20 Å². The molecule has 0 saturated heterocycles. The van der Waals surface area contributed by atoms with Crippen molar-refractivity contribution in [2.24, 2.45) is 5.92 Å². The zero-order chi connectivity index (χ0) is 12.1. The van der Waals surface area contributed by atoms with Gasteiger partial charge in [0.15, 0.2) is 0 Å². The molecule has 1 N–H and O–H groups in total. The Kier molecular flexibility index (Phi) is 4.60. The number of aryl methyl sites for hydroxylation is 1. The highest BCUT2D eigenvalue weighted by Crippen LogP contribution is 2.37. The van der Waals surface area contributed by atoms with E-state index in [1.54, 1.807) is 0 Å². The summed E-state index contributed by atoms with van der Waals surface area (Å²) < 4.78 is 2.07. The van der Waals surface area contributed by atoms with Crippen molar-refractivity contribution in [3.63, 3.8) is 0 Å². The van der Waals surface area contributed by atoms with Crippen molar-refractivity contribution in [2.45, 2.75) is 58.5 Å². The molecule has 1 aliphatic rings. The molecule has 1 saturated carbocycles. The van der Waals surface area contributed by atoms with Gasteiger partial charge < -0.3 is 5.32 Å². The molecule has 0 radical (unpaired) electrons. The minimum Gasteiger partial charge on any atom is -0.310 e. The number of aromatic nitrogens is 2. The molecule has 1 fully saturated rings. The van der Waals surface area contributed by atoms with Gasteiger partial charge in [-0.15, -0.1) is 0 Å². The van der Waals surface area contributed by atoms with Crippen LogP contribution in [0.2, 0.25) is 0 Å². The molecule has 0 aromatic carbocycles. The Hall–Kier alpha value is -0.830. The Morgan fingerprint density at radius 2 is 2.24 bits per heavy atom. The topological polar surface area (TPSA) is 29.9 Å². The molecule has 1 unspecified atom stereocenters. The Labute approximate surface area is 105 Å². The Bertz CT molecular complexity index is 328. The normalized spacial score (nSPS) is 17.3. The van der Waals surface area contributed by atoms with E-state index in [0.717, 1.165) is 25.4 Å². The molecule has 3 nitrogen and oxygen atoms in total. The van der Waals surface area contributed by atoms with Gasteiger partial charge in [0.25, 0.3) is 0 Å². The molecule has 1 atom stereocenters. The van der Waals surface area contributed by atoms with Gasteiger partial charge in [-0.1, -0.05) is 26.7 Å². The van der Waals surface area contributed by atoms with Gasteiger partial charge in [-0.05, 0) is 31.7 Å². The van der Waals surface area contributed by atoms with Crippen molar-refractivity contribution < 1.29 is 0 Å². The van der Waals surface area contributed by atoms with E-state index in [-0.39, 0.29) is 0 Å². The van der Waals surface area contributed by atoms with Crippen LogP contribution < -0.4 is 5.32 Å². The lowest BCUT2D eigenvalue weighted by atomic mass is 10.0. The molecule has 1 heterocycles. The van der Waals surface area contributed by atoms with Gasteiger partial charge >= 0.3 is 0 Å². The summed E-state index contributed by atoms with van der Waals surface area (Å²) in [4.78, 5) is 0. The van der Waals surface area contributed by atoms with Gasteiger partial charge in [-0.3, -0.25) is 4.68 Å². The van der Waals surface area contributed by atoms with E-state index in [4.69, 9.17) is 0 Å². The Morgan fingerprint density at radius 1 is 1.41 bits per heavy atom. The van der Waals surface area contributed by atoms with Gasteiger partial charge in [-0.25, -0.2) is 0 Å². The Balaban J connectivity index is 1.95. The summed E-state index contributed by atoms with van der Waals surface area (Å²) in [6.45, 7) is 6.56. The van der Waals surface area contributed by atoms with E-state index < -0.39 is 0 Å². The van der Waals surface area contributed by atoms with Crippen molar-refractivity contribution in [3.05, 3.63) is 18.0 Å². The molecule has 17 heavy (non-hydrogen) atoms. The van der Waals surface area contributed by atoms with Crippen molar-refractivity contribution in [1.29, 1.82) is 0 Å². The standard InChI is InChI=1S/C14H25N3/c1-3-7-15-14(9-12-5-6-12)13-10-16-17(11-13)8-4-2/h10-12,14-15H,3-9H2,1-2H3. The van der Waals surface area contributed by atoms with Crippen LogP contribution in [0.5, 0.6) is 0 Å². The van der Waals surface area contributed by atoms with E-state index in [2.05, 4.69) is 35.1 Å². The van der Waals surface area contributed by atoms with E-state index in [1.165, 1.54) is 31.2 Å². The van der Waals surface area contributed by atoms with Crippen molar-refractivity contribution in [3.8, 4) is 0 Å². The van der Waals surface area contributed by atoms with E-state index in [0.29, 0.717) is 6.04 Å². The lowest BCUT2D eigenvalue weighted by Gasteiger charge is -2.16. The first-order valence-corrected chi connectivity index (χ1v) is 7.09. The molecular formula is C14H25N3. The van der Waals surface area contributed by atoms with Crippen LogP contribution in [-0.4, -0.2) is 16.3 Å². The lowest BCUT2D eigenvalue weighted by molar-refractivity contribution is 0.473. The fourth-order valence-electron chi connectivity index (χ4n) is 2.25. The third-order valence-electron chi connectivity index (χ3n) is 3.41. The number of rotatable bonds is 8. The minimum atomic E-state index is 0.521. The monoisotopic (exact) mass is 235 g/mol. The largest absolute Gasteiger partial charge is 0.310 e. The second-order valence-electron chi connectivity index (χ2n) is 5.22. The summed E-state index contributed by atoms with van der Waals surface area (Å²) in [7, 11) is 0. The molecule has 2 rings (SSSR count). The summed E-state index contributed by atoms with van der Waals surface area (Å²) in [6.07, 6.45) is 10.8. The van der Waals surface area contributed by atoms with E-state index in [9.17, 15) is 0 Å². The van der Waals surface area contributed by atoms with Crippen LogP contribution in [0.25, 0.3) is 0 Å². The predicted molar refractivity (Wildman–Crippen MR) is 70.9 cm³/mol. The summed E-state index contributed by atoms with van der Waals surface area (Å²) in [5.41, 5.74) is 1.37. The average molecular weight is 235 g/mol. The third-order valence-corrected chi connectivity index (χ3v) is 3.41. The third kappa shape index (κ3) is 3.84. The first kappa shape index (κ1) is 12.6. The zero-order valence-corrected chi connectivity index (χ0v) is 11.2. The molecule has 96 valence electrons. The van der Waals surface area contributed by atoms with Crippen LogP contribution in [0.3, 0.4) is 0 Å². The molecule has 0 bridgehead atoms. The maximum Gasteiger partial charge on any atom is 0.0537 e. The second-order valence-corrected chi connectivity index (χ2v) is 5.22. The predicted octanol–water partition coefficient (Wildman–Crippen LogP) is 3.13. The van der Waals surface area contributed by atoms with Crippen LogP contribution >= 0.6 is 0 Å². The van der Waals surface area contributed by atoms with Crippen LogP contribution in [0.4, 0.5) is 0 Å². The fraction of sp³-hybridized carbons (Fsp3) is 0.786. The van der Waals surface area contributed by atoms with Crippen molar-refractivity contribution in [2.75, 3.05) is 6.54 Å². The van der Waals surface area contributed by atoms with Gasteiger partial charge in [0, 0.05) is 24.3 Å². The van der Waals surface area contributed by atoms with Crippen LogP contribution in [0, 0.1) is 5.92 Å². The average Bonchev–Trinajstić information content (AvgIpc) is 3.03. The summed E-state index contributed by atoms with van der Waals surface area (Å²) in [5.74, 6) is 0.957. The lowest BCUT2D eigenvalue weighted by Crippen LogP contribution is -2.22. The second kappa shape index (κ2) is 6.20. The molecule has 0 aliphatic heterocycles. The maximum atomic E-state index is 4.44. The summed E-state index contributed by atoms with van der Waals surface area (Å²) in [6, 6.07) is 0.521. The van der Waals surface area contributed by atoms with E-state index >= 15 is 0 Å². The molecule has 0 amide bonds. The van der Waals surface area contributed by atoms with Gasteiger partial charge in [0.2, 0.25) is 0 Å². The zero-order valence-electron chi connectivity index (χ0n) is 11.2. The highest BCUT2D eigenvalue weighted by Gasteiger charge is 2.26. The quantitative estimate of drug-likeness (QED) is 0.750.